The second-order valence-electron chi connectivity index (χ2n) is 9.12. The van der Waals surface area contributed by atoms with Gasteiger partial charge in [0.05, 0.1) is 21.2 Å². The molecule has 0 unspecified atom stereocenters. The largest absolute Gasteiger partial charge is 0.417 e. The van der Waals surface area contributed by atoms with E-state index >= 15 is 0 Å². The molecule has 0 bridgehead atoms. The van der Waals surface area contributed by atoms with Gasteiger partial charge in [0.1, 0.15) is 11.0 Å². The lowest BCUT2D eigenvalue weighted by Crippen LogP contribution is -2.33. The van der Waals surface area contributed by atoms with Gasteiger partial charge in [0.25, 0.3) is 0 Å². The highest BCUT2D eigenvalue weighted by molar-refractivity contribution is 6.41. The fourth-order valence-corrected chi connectivity index (χ4v) is 4.14. The number of nitrogens with zero attached hydrogens (tertiary/aromatic N) is 3. The Morgan fingerprint density at radius 1 is 0.757 bits per heavy atom. The van der Waals surface area contributed by atoms with E-state index in [0.717, 1.165) is 50.2 Å². The maximum Gasteiger partial charge on any atom is 0.417 e. The van der Waals surface area contributed by atoms with E-state index in [-0.39, 0.29) is 15.2 Å². The lowest BCUT2D eigenvalue weighted by molar-refractivity contribution is -0.138. The number of anilines is 1. The molecule has 4 heterocycles. The van der Waals surface area contributed by atoms with Crippen LogP contribution in [0.4, 0.5) is 32.2 Å². The number of hydrogen-bond donors (Lipinski definition) is 1. The van der Waals surface area contributed by atoms with Crippen LogP contribution in [0.15, 0.2) is 24.5 Å². The summed E-state index contributed by atoms with van der Waals surface area (Å²) >= 11 is 16.5. The van der Waals surface area contributed by atoms with Crippen LogP contribution in [0.3, 0.4) is 0 Å². The quantitative estimate of drug-likeness (QED) is 0.266. The first-order chi connectivity index (χ1) is 17.2. The molecule has 0 radical (unpaired) electrons. The topological polar surface area (TPSA) is 41.1 Å². The van der Waals surface area contributed by atoms with Crippen molar-refractivity contribution in [1.82, 2.24) is 15.3 Å². The third-order valence-corrected chi connectivity index (χ3v) is 6.95. The Morgan fingerprint density at radius 2 is 1.22 bits per heavy atom. The van der Waals surface area contributed by atoms with Crippen LogP contribution in [-0.2, 0) is 12.4 Å². The molecule has 0 aliphatic carbocycles. The minimum absolute atomic E-state index is 0.0689. The number of hydrogen-bond acceptors (Lipinski definition) is 4. The lowest BCUT2D eigenvalue weighted by Gasteiger charge is -2.31. The Morgan fingerprint density at radius 3 is 1.62 bits per heavy atom. The molecule has 4 rings (SSSR count). The molecule has 13 heteroatoms. The molecule has 4 nitrogen and oxygen atoms in total. The first kappa shape index (κ1) is 31.7. The second kappa shape index (κ2) is 14.1. The van der Waals surface area contributed by atoms with Crippen LogP contribution in [0.1, 0.15) is 50.7 Å². The Balaban J connectivity index is 0.000000217. The monoisotopic (exact) mass is 592 g/mol. The predicted octanol–water partition coefficient (Wildman–Crippen LogP) is 8.40. The van der Waals surface area contributed by atoms with E-state index in [0.29, 0.717) is 17.9 Å². The highest BCUT2D eigenvalue weighted by Crippen LogP contribution is 2.35. The minimum atomic E-state index is -4.43. The number of pyridine rings is 2. The van der Waals surface area contributed by atoms with Crippen molar-refractivity contribution in [3.8, 4) is 0 Å². The van der Waals surface area contributed by atoms with Gasteiger partial charge in [0.15, 0.2) is 0 Å². The zero-order chi connectivity index (χ0) is 27.8. The van der Waals surface area contributed by atoms with Crippen molar-refractivity contribution in [2.24, 2.45) is 11.8 Å². The number of rotatable bonds is 1. The van der Waals surface area contributed by atoms with Crippen LogP contribution in [0.25, 0.3) is 0 Å². The van der Waals surface area contributed by atoms with Crippen LogP contribution in [0, 0.1) is 11.8 Å². The third kappa shape index (κ3) is 10.7. The Bertz CT molecular complexity index is 989. The van der Waals surface area contributed by atoms with Gasteiger partial charge < -0.3 is 10.2 Å². The summed E-state index contributed by atoms with van der Waals surface area (Å²) in [7, 11) is 0. The maximum absolute atomic E-state index is 12.5. The fourth-order valence-electron chi connectivity index (χ4n) is 3.58. The van der Waals surface area contributed by atoms with Crippen LogP contribution in [-0.4, -0.2) is 36.1 Å². The molecule has 2 aromatic heterocycles. The van der Waals surface area contributed by atoms with E-state index in [1.807, 2.05) is 4.90 Å². The van der Waals surface area contributed by atoms with Crippen molar-refractivity contribution in [1.29, 1.82) is 0 Å². The average Bonchev–Trinajstić information content (AvgIpc) is 2.82. The molecule has 2 fully saturated rings. The highest BCUT2D eigenvalue weighted by Gasteiger charge is 2.32. The van der Waals surface area contributed by atoms with Gasteiger partial charge in [-0.2, -0.15) is 26.3 Å². The average molecular weight is 594 g/mol. The summed E-state index contributed by atoms with van der Waals surface area (Å²) < 4.78 is 73.3. The SMILES string of the molecule is CC1CCN(c2ncc(C(F)(F)F)cc2Cl)CC1.CC1CCNCC1.FC(F)(F)c1cnc(Cl)c(Cl)c1. The molecule has 2 aliphatic heterocycles. The first-order valence-electron chi connectivity index (χ1n) is 11.7. The van der Waals surface area contributed by atoms with Gasteiger partial charge in [-0.25, -0.2) is 9.97 Å². The summed E-state index contributed by atoms with van der Waals surface area (Å²) in [6.07, 6.45) is -2.57. The first-order valence-corrected chi connectivity index (χ1v) is 12.9. The third-order valence-electron chi connectivity index (χ3n) is 5.98. The number of piperidine rings is 2. The second-order valence-corrected chi connectivity index (χ2v) is 10.3. The Kier molecular flexibility index (Phi) is 12.1. The lowest BCUT2D eigenvalue weighted by atomic mass is 9.99. The summed E-state index contributed by atoms with van der Waals surface area (Å²) in [6.45, 7) is 8.54. The Labute approximate surface area is 227 Å². The standard InChI is InChI=1S/C12H14ClF3N2.C6H2Cl2F3N.C6H13N/c1-8-2-4-18(5-3-8)11-10(13)6-9(7-17-11)12(14,15)16;7-4-1-3(6(9,10)11)2-12-5(4)8;1-6-2-4-7-5-3-6/h6-8H,2-5H2,1H3;1-2H;6-7H,2-5H2,1H3. The molecule has 2 aromatic rings. The van der Waals surface area contributed by atoms with Gasteiger partial charge in [0.2, 0.25) is 0 Å². The van der Waals surface area contributed by atoms with Crippen molar-refractivity contribution in [2.45, 2.75) is 51.9 Å². The molecule has 37 heavy (non-hydrogen) atoms. The van der Waals surface area contributed by atoms with Crippen LogP contribution < -0.4 is 10.2 Å². The molecule has 0 amide bonds. The molecular formula is C24H29Cl3F6N4. The minimum Gasteiger partial charge on any atom is -0.355 e. The summed E-state index contributed by atoms with van der Waals surface area (Å²) in [5.74, 6) is 2.08. The fraction of sp³-hybridized carbons (Fsp3) is 0.583. The zero-order valence-electron chi connectivity index (χ0n) is 20.4. The van der Waals surface area contributed by atoms with Crippen molar-refractivity contribution in [2.75, 3.05) is 31.1 Å². The van der Waals surface area contributed by atoms with Crippen molar-refractivity contribution >= 4 is 40.6 Å². The molecule has 208 valence electrons. The van der Waals surface area contributed by atoms with Gasteiger partial charge in [-0.15, -0.1) is 0 Å². The van der Waals surface area contributed by atoms with Gasteiger partial charge in [-0.05, 0) is 62.7 Å². The number of aromatic nitrogens is 2. The molecule has 2 saturated heterocycles. The summed E-state index contributed by atoms with van der Waals surface area (Å²) in [6, 6.07) is 1.68. The van der Waals surface area contributed by atoms with Gasteiger partial charge >= 0.3 is 12.4 Å². The molecule has 0 atom stereocenters. The highest BCUT2D eigenvalue weighted by atomic mass is 35.5. The number of alkyl halides is 6. The smallest absolute Gasteiger partial charge is 0.355 e. The normalized spacial score (nSPS) is 17.4. The number of halogens is 9. The van der Waals surface area contributed by atoms with E-state index in [1.54, 1.807) is 0 Å². The van der Waals surface area contributed by atoms with Crippen molar-refractivity contribution < 1.29 is 26.3 Å². The van der Waals surface area contributed by atoms with E-state index in [9.17, 15) is 26.3 Å². The van der Waals surface area contributed by atoms with Crippen LogP contribution >= 0.6 is 34.8 Å². The maximum atomic E-state index is 12.5. The zero-order valence-corrected chi connectivity index (χ0v) is 22.6. The molecule has 0 spiro atoms. The van der Waals surface area contributed by atoms with Crippen molar-refractivity contribution in [3.63, 3.8) is 0 Å². The predicted molar refractivity (Wildman–Crippen MR) is 135 cm³/mol. The summed E-state index contributed by atoms with van der Waals surface area (Å²) in [5.41, 5.74) is -1.71. The summed E-state index contributed by atoms with van der Waals surface area (Å²) in [5, 5.41) is 3.05. The van der Waals surface area contributed by atoms with Crippen LogP contribution in [0.2, 0.25) is 15.2 Å². The van der Waals surface area contributed by atoms with E-state index in [4.69, 9.17) is 34.8 Å². The van der Waals surface area contributed by atoms with Gasteiger partial charge in [-0.3, -0.25) is 0 Å². The van der Waals surface area contributed by atoms with E-state index < -0.39 is 23.5 Å². The summed E-state index contributed by atoms with van der Waals surface area (Å²) in [4.78, 5) is 9.07. The molecule has 0 saturated carbocycles. The molecule has 0 aromatic carbocycles. The number of nitrogens with one attached hydrogen (secondary N) is 1. The Hall–Kier alpha value is -1.49. The molecule has 2 aliphatic rings. The van der Waals surface area contributed by atoms with E-state index in [1.165, 1.54) is 25.9 Å². The van der Waals surface area contributed by atoms with Crippen LogP contribution in [0.5, 0.6) is 0 Å². The van der Waals surface area contributed by atoms with E-state index in [2.05, 4.69) is 29.1 Å². The van der Waals surface area contributed by atoms with Crippen molar-refractivity contribution in [3.05, 3.63) is 50.9 Å². The van der Waals surface area contributed by atoms with Gasteiger partial charge in [-0.1, -0.05) is 48.7 Å². The molecule has 1 N–H and O–H groups in total. The molecular weight excluding hydrogens is 565 g/mol. The van der Waals surface area contributed by atoms with Gasteiger partial charge in [0, 0.05) is 25.5 Å².